The molecule has 0 aromatic carbocycles. The lowest BCUT2D eigenvalue weighted by Gasteiger charge is -2.21. The largest absolute Gasteiger partial charge is 0.478 e. The number of alkyl carbamates (subject to hydrolysis) is 1. The van der Waals surface area contributed by atoms with E-state index in [-0.39, 0.29) is 12.0 Å². The Bertz CT molecular complexity index is 479. The summed E-state index contributed by atoms with van der Waals surface area (Å²) in [6, 6.07) is 2.86. The van der Waals surface area contributed by atoms with Crippen LogP contribution in [0, 0.1) is 0 Å². The maximum Gasteiger partial charge on any atom is 0.409 e. The summed E-state index contributed by atoms with van der Waals surface area (Å²) < 4.78 is 4.99. The molecule has 0 bridgehead atoms. The van der Waals surface area contributed by atoms with E-state index in [9.17, 15) is 14.7 Å². The molecular formula is C13H18N2O5. The van der Waals surface area contributed by atoms with Crippen LogP contribution in [0.25, 0.3) is 0 Å². The third kappa shape index (κ3) is 5.66. The molecule has 3 N–H and O–H groups in total. The zero-order valence-electron chi connectivity index (χ0n) is 11.6. The molecule has 1 rings (SSSR count). The number of aliphatic hydroxyl groups excluding tert-OH is 1. The van der Waals surface area contributed by atoms with E-state index in [4.69, 9.17) is 9.84 Å². The normalized spacial score (nSPS) is 12.6. The Morgan fingerprint density at radius 2 is 2.05 bits per heavy atom. The second kappa shape index (κ2) is 6.33. The number of amides is 1. The van der Waals surface area contributed by atoms with Gasteiger partial charge in [0.1, 0.15) is 11.8 Å². The van der Waals surface area contributed by atoms with Crippen LogP contribution in [-0.4, -0.2) is 39.1 Å². The summed E-state index contributed by atoms with van der Waals surface area (Å²) in [6.45, 7) is 5.14. The Morgan fingerprint density at radius 3 is 2.50 bits per heavy atom. The Hall–Kier alpha value is -2.15. The van der Waals surface area contributed by atoms with Crippen LogP contribution >= 0.6 is 0 Å². The Balaban J connectivity index is 2.52. The summed E-state index contributed by atoms with van der Waals surface area (Å²) in [7, 11) is 0. The van der Waals surface area contributed by atoms with Crippen molar-refractivity contribution in [2.45, 2.75) is 39.0 Å². The van der Waals surface area contributed by atoms with Crippen molar-refractivity contribution in [3.63, 3.8) is 0 Å². The molecule has 1 unspecified atom stereocenters. The zero-order chi connectivity index (χ0) is 15.3. The predicted octanol–water partition coefficient (Wildman–Crippen LogP) is 1.17. The van der Waals surface area contributed by atoms with Gasteiger partial charge in [-0.3, -0.25) is 10.3 Å². The molecule has 0 saturated carbocycles. The molecule has 1 aromatic heterocycles. The van der Waals surface area contributed by atoms with Gasteiger partial charge < -0.3 is 14.9 Å². The molecule has 1 atom stereocenters. The van der Waals surface area contributed by atoms with Gasteiger partial charge in [0.25, 0.3) is 0 Å². The molecule has 7 heteroatoms. The van der Waals surface area contributed by atoms with Crippen molar-refractivity contribution in [3.8, 4) is 0 Å². The monoisotopic (exact) mass is 282 g/mol. The molecule has 0 spiro atoms. The first-order valence-electron chi connectivity index (χ1n) is 6.03. The summed E-state index contributed by atoms with van der Waals surface area (Å²) in [4.78, 5) is 25.9. The van der Waals surface area contributed by atoms with E-state index in [1.165, 1.54) is 18.3 Å². The number of aromatic carboxylic acids is 1. The van der Waals surface area contributed by atoms with Crippen molar-refractivity contribution in [3.05, 3.63) is 29.6 Å². The highest BCUT2D eigenvalue weighted by Gasteiger charge is 2.18. The number of nitrogens with zero attached hydrogens (tertiary/aromatic N) is 1. The van der Waals surface area contributed by atoms with Gasteiger partial charge in [0.15, 0.2) is 0 Å². The number of aliphatic hydroxyl groups is 1. The van der Waals surface area contributed by atoms with Crippen LogP contribution in [0.1, 0.15) is 36.8 Å². The number of carboxylic acids is 1. The number of carboxylic acid groups (broad SMARTS) is 1. The molecule has 0 radical (unpaired) electrons. The average molecular weight is 282 g/mol. The zero-order valence-corrected chi connectivity index (χ0v) is 11.6. The smallest absolute Gasteiger partial charge is 0.409 e. The SMILES string of the molecule is CC(C)(C)OC(=O)NC(O)Cc1ccc(C(=O)O)cn1. The van der Waals surface area contributed by atoms with Crippen molar-refractivity contribution in [1.29, 1.82) is 0 Å². The summed E-state index contributed by atoms with van der Waals surface area (Å²) in [5, 5.41) is 20.7. The molecule has 0 fully saturated rings. The lowest BCUT2D eigenvalue weighted by Crippen LogP contribution is -2.40. The first-order chi connectivity index (χ1) is 9.17. The molecule has 1 aromatic rings. The Labute approximate surface area is 116 Å². The van der Waals surface area contributed by atoms with E-state index >= 15 is 0 Å². The van der Waals surface area contributed by atoms with Crippen LogP contribution < -0.4 is 5.32 Å². The van der Waals surface area contributed by atoms with Crippen LogP contribution in [0.5, 0.6) is 0 Å². The Morgan fingerprint density at radius 1 is 1.40 bits per heavy atom. The number of rotatable bonds is 4. The fourth-order valence-electron chi connectivity index (χ4n) is 1.36. The second-order valence-corrected chi connectivity index (χ2v) is 5.21. The minimum Gasteiger partial charge on any atom is -0.478 e. The van der Waals surface area contributed by atoms with Gasteiger partial charge in [-0.1, -0.05) is 0 Å². The molecule has 0 aliphatic heterocycles. The van der Waals surface area contributed by atoms with Gasteiger partial charge in [-0.15, -0.1) is 0 Å². The molecule has 0 aliphatic rings. The molecule has 7 nitrogen and oxygen atoms in total. The molecule has 20 heavy (non-hydrogen) atoms. The van der Waals surface area contributed by atoms with Crippen molar-refractivity contribution >= 4 is 12.1 Å². The highest BCUT2D eigenvalue weighted by molar-refractivity contribution is 5.87. The standard InChI is InChI=1S/C13H18N2O5/c1-13(2,3)20-12(19)15-10(16)6-9-5-4-8(7-14-9)11(17)18/h4-5,7,10,16H,6H2,1-3H3,(H,15,19)(H,17,18). The molecule has 0 aliphatic carbocycles. The summed E-state index contributed by atoms with van der Waals surface area (Å²) in [6.07, 6.45) is -0.642. The summed E-state index contributed by atoms with van der Waals surface area (Å²) in [5.74, 6) is -1.07. The highest BCUT2D eigenvalue weighted by Crippen LogP contribution is 2.07. The van der Waals surface area contributed by atoms with Crippen molar-refractivity contribution in [2.24, 2.45) is 0 Å². The van der Waals surface area contributed by atoms with Gasteiger partial charge in [-0.25, -0.2) is 9.59 Å². The molecular weight excluding hydrogens is 264 g/mol. The quantitative estimate of drug-likeness (QED) is 0.715. The van der Waals surface area contributed by atoms with Gasteiger partial charge in [0, 0.05) is 18.3 Å². The van der Waals surface area contributed by atoms with Crippen LogP contribution in [0.2, 0.25) is 0 Å². The van der Waals surface area contributed by atoms with E-state index in [1.54, 1.807) is 20.8 Å². The maximum absolute atomic E-state index is 11.4. The van der Waals surface area contributed by atoms with E-state index < -0.39 is 23.9 Å². The van der Waals surface area contributed by atoms with Gasteiger partial charge >= 0.3 is 12.1 Å². The third-order valence-corrected chi connectivity index (χ3v) is 2.16. The first kappa shape index (κ1) is 15.9. The minimum atomic E-state index is -1.16. The second-order valence-electron chi connectivity index (χ2n) is 5.21. The van der Waals surface area contributed by atoms with Crippen LogP contribution in [-0.2, 0) is 11.2 Å². The van der Waals surface area contributed by atoms with Crippen LogP contribution in [0.3, 0.4) is 0 Å². The lowest BCUT2D eigenvalue weighted by atomic mass is 10.2. The molecule has 110 valence electrons. The Kier molecular flexibility index (Phi) is 5.04. The van der Waals surface area contributed by atoms with E-state index in [0.717, 1.165) is 0 Å². The number of ether oxygens (including phenoxy) is 1. The third-order valence-electron chi connectivity index (χ3n) is 2.16. The molecule has 1 amide bonds. The number of hydrogen-bond acceptors (Lipinski definition) is 5. The fraction of sp³-hybridized carbons (Fsp3) is 0.462. The topological polar surface area (TPSA) is 109 Å². The van der Waals surface area contributed by atoms with E-state index in [0.29, 0.717) is 5.69 Å². The van der Waals surface area contributed by atoms with Gasteiger partial charge in [0.2, 0.25) is 0 Å². The lowest BCUT2D eigenvalue weighted by molar-refractivity contribution is 0.0358. The molecule has 1 heterocycles. The van der Waals surface area contributed by atoms with Crippen molar-refractivity contribution in [2.75, 3.05) is 0 Å². The maximum atomic E-state index is 11.4. The highest BCUT2D eigenvalue weighted by atomic mass is 16.6. The van der Waals surface area contributed by atoms with E-state index in [2.05, 4.69) is 10.3 Å². The number of carbonyl (C=O) groups excluding carboxylic acids is 1. The number of carbonyl (C=O) groups is 2. The van der Waals surface area contributed by atoms with E-state index in [1.807, 2.05) is 0 Å². The number of aromatic nitrogens is 1. The predicted molar refractivity (Wildman–Crippen MR) is 70.3 cm³/mol. The van der Waals surface area contributed by atoms with Crippen molar-refractivity contribution < 1.29 is 24.5 Å². The van der Waals surface area contributed by atoms with Crippen molar-refractivity contribution in [1.82, 2.24) is 10.3 Å². The number of pyridine rings is 1. The molecule has 0 saturated heterocycles. The van der Waals surface area contributed by atoms with Gasteiger partial charge in [-0.2, -0.15) is 0 Å². The average Bonchev–Trinajstić information content (AvgIpc) is 2.26. The summed E-state index contributed by atoms with van der Waals surface area (Å²) >= 11 is 0. The van der Waals surface area contributed by atoms with Crippen LogP contribution in [0.15, 0.2) is 18.3 Å². The minimum absolute atomic E-state index is 0.0547. The summed E-state index contributed by atoms with van der Waals surface area (Å²) in [5.41, 5.74) is -0.132. The number of hydrogen-bond donors (Lipinski definition) is 3. The van der Waals surface area contributed by atoms with Gasteiger partial charge in [0.05, 0.1) is 5.56 Å². The first-order valence-corrected chi connectivity index (χ1v) is 6.03. The van der Waals surface area contributed by atoms with Gasteiger partial charge in [-0.05, 0) is 32.9 Å². The fourth-order valence-corrected chi connectivity index (χ4v) is 1.36. The van der Waals surface area contributed by atoms with Crippen LogP contribution in [0.4, 0.5) is 4.79 Å². The number of nitrogens with one attached hydrogen (secondary N) is 1.